The van der Waals surface area contributed by atoms with Gasteiger partial charge in [0, 0.05) is 24.6 Å². The minimum Gasteiger partial charge on any atom is -0.378 e. The van der Waals surface area contributed by atoms with Gasteiger partial charge in [-0.05, 0) is 37.9 Å². The Labute approximate surface area is 113 Å². The normalized spacial score (nSPS) is 24.6. The van der Waals surface area contributed by atoms with Crippen molar-refractivity contribution in [3.63, 3.8) is 0 Å². The Morgan fingerprint density at radius 3 is 2.84 bits per heavy atom. The maximum Gasteiger partial charge on any atom is 0.129 e. The summed E-state index contributed by atoms with van der Waals surface area (Å²) in [6.45, 7) is 2.88. The molecule has 2 rings (SSSR count). The minimum atomic E-state index is -0.530. The third-order valence-corrected chi connectivity index (χ3v) is 4.01. The zero-order valence-corrected chi connectivity index (χ0v) is 11.5. The van der Waals surface area contributed by atoms with Gasteiger partial charge in [-0.3, -0.25) is 0 Å². The highest BCUT2D eigenvalue weighted by Gasteiger charge is 2.33. The van der Waals surface area contributed by atoms with Crippen molar-refractivity contribution in [1.29, 1.82) is 0 Å². The first-order chi connectivity index (χ1) is 9.15. The van der Waals surface area contributed by atoms with Crippen molar-refractivity contribution in [3.8, 4) is 0 Å². The van der Waals surface area contributed by atoms with E-state index in [1.54, 1.807) is 0 Å². The Bertz CT molecular complexity index is 425. The minimum absolute atomic E-state index is 0.160. The number of rotatable bonds is 5. The van der Waals surface area contributed by atoms with E-state index in [4.69, 9.17) is 4.74 Å². The Kier molecular flexibility index (Phi) is 4.88. The summed E-state index contributed by atoms with van der Waals surface area (Å²) in [5.41, 5.74) is 0.558. The van der Waals surface area contributed by atoms with Gasteiger partial charge in [0.1, 0.15) is 11.6 Å². The van der Waals surface area contributed by atoms with Gasteiger partial charge in [0.25, 0.3) is 0 Å². The first kappa shape index (κ1) is 14.4. The molecule has 3 atom stereocenters. The largest absolute Gasteiger partial charge is 0.378 e. The summed E-state index contributed by atoms with van der Waals surface area (Å²) in [5, 5.41) is 3.26. The molecule has 19 heavy (non-hydrogen) atoms. The molecule has 1 fully saturated rings. The van der Waals surface area contributed by atoms with Crippen molar-refractivity contribution >= 4 is 0 Å². The second kappa shape index (κ2) is 6.44. The highest BCUT2D eigenvalue weighted by molar-refractivity contribution is 5.20. The van der Waals surface area contributed by atoms with Crippen LogP contribution in [0, 0.1) is 17.6 Å². The summed E-state index contributed by atoms with van der Waals surface area (Å²) in [6.07, 6.45) is 2.76. The monoisotopic (exact) mass is 269 g/mol. The summed E-state index contributed by atoms with van der Waals surface area (Å²) in [7, 11) is 1.89. The van der Waals surface area contributed by atoms with Gasteiger partial charge in [-0.15, -0.1) is 0 Å². The molecular weight excluding hydrogens is 248 g/mol. The molecule has 106 valence electrons. The van der Waals surface area contributed by atoms with E-state index in [9.17, 15) is 8.78 Å². The van der Waals surface area contributed by atoms with E-state index in [2.05, 4.69) is 12.2 Å². The molecule has 0 bridgehead atoms. The predicted octanol–water partition coefficient (Wildman–Crippen LogP) is 2.91. The van der Waals surface area contributed by atoms with Crippen molar-refractivity contribution in [1.82, 2.24) is 5.32 Å². The lowest BCUT2D eigenvalue weighted by molar-refractivity contribution is 0.0782. The lowest BCUT2D eigenvalue weighted by Crippen LogP contribution is -2.39. The highest BCUT2D eigenvalue weighted by atomic mass is 19.1. The number of nitrogens with one attached hydrogen (secondary N) is 1. The quantitative estimate of drug-likeness (QED) is 0.887. The van der Waals surface area contributed by atoms with Crippen LogP contribution < -0.4 is 5.32 Å². The second-order valence-corrected chi connectivity index (χ2v) is 5.11. The van der Waals surface area contributed by atoms with Crippen LogP contribution in [-0.4, -0.2) is 25.8 Å². The molecule has 0 aliphatic carbocycles. The van der Waals surface area contributed by atoms with E-state index in [0.29, 0.717) is 17.9 Å². The van der Waals surface area contributed by atoms with Crippen LogP contribution in [0.25, 0.3) is 0 Å². The molecule has 1 N–H and O–H groups in total. The molecule has 0 spiro atoms. The number of halogens is 2. The summed E-state index contributed by atoms with van der Waals surface area (Å²) in [5.74, 6) is -0.607. The predicted molar refractivity (Wildman–Crippen MR) is 71.0 cm³/mol. The fourth-order valence-electron chi connectivity index (χ4n) is 2.94. The summed E-state index contributed by atoms with van der Waals surface area (Å²) in [4.78, 5) is 0. The Hall–Kier alpha value is -1.00. The van der Waals surface area contributed by atoms with E-state index in [-0.39, 0.29) is 12.1 Å². The van der Waals surface area contributed by atoms with Crippen molar-refractivity contribution in [2.24, 2.45) is 5.92 Å². The maximum absolute atomic E-state index is 13.7. The molecule has 0 saturated carbocycles. The zero-order chi connectivity index (χ0) is 13.8. The average Bonchev–Trinajstić information content (AvgIpc) is 2.86. The molecule has 1 aromatic carbocycles. The first-order valence-electron chi connectivity index (χ1n) is 6.88. The molecule has 4 heteroatoms. The zero-order valence-electron chi connectivity index (χ0n) is 11.5. The summed E-state index contributed by atoms with van der Waals surface area (Å²) >= 11 is 0. The Morgan fingerprint density at radius 1 is 1.42 bits per heavy atom. The van der Waals surface area contributed by atoms with Gasteiger partial charge in [-0.25, -0.2) is 8.78 Å². The molecule has 2 nitrogen and oxygen atoms in total. The smallest absolute Gasteiger partial charge is 0.129 e. The van der Waals surface area contributed by atoms with Crippen molar-refractivity contribution in [2.45, 2.75) is 38.3 Å². The second-order valence-electron chi connectivity index (χ2n) is 5.11. The van der Waals surface area contributed by atoms with Gasteiger partial charge < -0.3 is 10.1 Å². The van der Waals surface area contributed by atoms with Crippen LogP contribution in [0.15, 0.2) is 18.2 Å². The fourth-order valence-corrected chi connectivity index (χ4v) is 2.94. The van der Waals surface area contributed by atoms with Crippen LogP contribution in [0.2, 0.25) is 0 Å². The third kappa shape index (κ3) is 3.31. The molecular formula is C15H21F2NO. The van der Waals surface area contributed by atoms with E-state index in [1.807, 2.05) is 7.05 Å². The summed E-state index contributed by atoms with van der Waals surface area (Å²) < 4.78 is 32.3. The lowest BCUT2D eigenvalue weighted by atomic mass is 9.87. The molecule has 1 aromatic rings. The van der Waals surface area contributed by atoms with Crippen LogP contribution in [0.1, 0.15) is 25.3 Å². The molecule has 1 aliphatic heterocycles. The van der Waals surface area contributed by atoms with Gasteiger partial charge in [0.2, 0.25) is 0 Å². The van der Waals surface area contributed by atoms with Crippen LogP contribution in [0.5, 0.6) is 0 Å². The number of hydrogen-bond donors (Lipinski definition) is 1. The lowest BCUT2D eigenvalue weighted by Gasteiger charge is -2.27. The Morgan fingerprint density at radius 2 is 2.21 bits per heavy atom. The molecule has 0 aromatic heterocycles. The SMILES string of the molecule is CCC1OCCC1C(Cc1ccc(F)cc1F)NC. The van der Waals surface area contributed by atoms with Crippen LogP contribution in [0.4, 0.5) is 8.78 Å². The standard InChI is InChI=1S/C15H21F2NO/c1-3-15-12(6-7-19-15)14(18-2)8-10-4-5-11(16)9-13(10)17/h4-5,9,12,14-15,18H,3,6-8H2,1-2H3. The van der Waals surface area contributed by atoms with Gasteiger partial charge >= 0.3 is 0 Å². The molecule has 0 radical (unpaired) electrons. The van der Waals surface area contributed by atoms with E-state index < -0.39 is 11.6 Å². The molecule has 1 saturated heterocycles. The fraction of sp³-hybridized carbons (Fsp3) is 0.600. The number of hydrogen-bond acceptors (Lipinski definition) is 2. The van der Waals surface area contributed by atoms with Crippen molar-refractivity contribution < 1.29 is 13.5 Å². The van der Waals surface area contributed by atoms with E-state index in [1.165, 1.54) is 12.1 Å². The first-order valence-corrected chi connectivity index (χ1v) is 6.88. The van der Waals surface area contributed by atoms with Gasteiger partial charge in [-0.1, -0.05) is 13.0 Å². The topological polar surface area (TPSA) is 21.3 Å². The average molecular weight is 269 g/mol. The van der Waals surface area contributed by atoms with Crippen molar-refractivity contribution in [3.05, 3.63) is 35.4 Å². The molecule has 0 amide bonds. The number of benzene rings is 1. The molecule has 1 aliphatic rings. The maximum atomic E-state index is 13.7. The molecule has 1 heterocycles. The Balaban J connectivity index is 2.10. The number of ether oxygens (including phenoxy) is 1. The van der Waals surface area contributed by atoms with Gasteiger partial charge in [0.05, 0.1) is 6.10 Å². The molecule has 3 unspecified atom stereocenters. The highest BCUT2D eigenvalue weighted by Crippen LogP contribution is 2.28. The summed E-state index contributed by atoms with van der Waals surface area (Å²) in [6, 6.07) is 3.96. The number of likely N-dealkylation sites (N-methyl/N-ethyl adjacent to an activating group) is 1. The van der Waals surface area contributed by atoms with Gasteiger partial charge in [-0.2, -0.15) is 0 Å². The van der Waals surface area contributed by atoms with Gasteiger partial charge in [0.15, 0.2) is 0 Å². The van der Waals surface area contributed by atoms with Crippen molar-refractivity contribution in [2.75, 3.05) is 13.7 Å². The van der Waals surface area contributed by atoms with Crippen LogP contribution in [0.3, 0.4) is 0 Å². The van der Waals surface area contributed by atoms with Crippen LogP contribution >= 0.6 is 0 Å². The van der Waals surface area contributed by atoms with Crippen LogP contribution in [-0.2, 0) is 11.2 Å². The van der Waals surface area contributed by atoms with E-state index >= 15 is 0 Å². The van der Waals surface area contributed by atoms with E-state index in [0.717, 1.165) is 25.5 Å². The third-order valence-electron chi connectivity index (χ3n) is 4.01.